The van der Waals surface area contributed by atoms with Gasteiger partial charge in [0.2, 0.25) is 0 Å². The molecule has 0 aliphatic carbocycles. The Labute approximate surface area is 62.5 Å². The molecule has 0 amide bonds. The second-order valence-electron chi connectivity index (χ2n) is 3.60. The summed E-state index contributed by atoms with van der Waals surface area (Å²) in [6.45, 7) is 8.23. The number of hydrogen-bond acceptors (Lipinski definition) is 2. The average molecular weight is 144 g/mol. The Morgan fingerprint density at radius 1 is 1.30 bits per heavy atom. The first-order valence-corrected chi connectivity index (χ1v) is 3.83. The Kier molecular flexibility index (Phi) is 2.02. The zero-order valence-corrected chi connectivity index (χ0v) is 7.18. The van der Waals surface area contributed by atoms with Crippen LogP contribution in [0.4, 0.5) is 0 Å². The Balaban J connectivity index is 2.51. The first-order chi connectivity index (χ1) is 4.49. The average Bonchev–Trinajstić information content (AvgIpc) is 1.54. The predicted octanol–water partition coefficient (Wildman–Crippen LogP) is 1.94. The smallest absolute Gasteiger partial charge is 0.155 e. The molecule has 0 N–H and O–H groups in total. The molecule has 1 aliphatic rings. The van der Waals surface area contributed by atoms with Crippen molar-refractivity contribution in [1.82, 2.24) is 0 Å². The van der Waals surface area contributed by atoms with Gasteiger partial charge in [0.25, 0.3) is 0 Å². The van der Waals surface area contributed by atoms with Gasteiger partial charge in [-0.05, 0) is 27.7 Å². The van der Waals surface area contributed by atoms with Crippen LogP contribution in [-0.2, 0) is 9.47 Å². The van der Waals surface area contributed by atoms with Gasteiger partial charge in [0.1, 0.15) is 0 Å². The summed E-state index contributed by atoms with van der Waals surface area (Å²) in [5, 5.41) is 0. The fourth-order valence-corrected chi connectivity index (χ4v) is 1.59. The van der Waals surface area contributed by atoms with Crippen LogP contribution in [0.5, 0.6) is 0 Å². The second kappa shape index (κ2) is 2.51. The molecule has 1 fully saturated rings. The van der Waals surface area contributed by atoms with E-state index in [4.69, 9.17) is 9.47 Å². The lowest BCUT2D eigenvalue weighted by Gasteiger charge is -2.38. The molecule has 0 spiro atoms. The largest absolute Gasteiger partial charge is 0.350 e. The molecule has 2 heteroatoms. The van der Waals surface area contributed by atoms with Crippen LogP contribution in [0.1, 0.15) is 34.1 Å². The number of rotatable bonds is 0. The van der Waals surface area contributed by atoms with Crippen molar-refractivity contribution in [3.05, 3.63) is 0 Å². The highest BCUT2D eigenvalue weighted by atomic mass is 16.7. The van der Waals surface area contributed by atoms with Gasteiger partial charge in [-0.25, -0.2) is 0 Å². The molecule has 0 radical (unpaired) electrons. The number of ether oxygens (including phenoxy) is 2. The van der Waals surface area contributed by atoms with E-state index in [1.54, 1.807) is 0 Å². The van der Waals surface area contributed by atoms with E-state index >= 15 is 0 Å². The molecule has 0 aromatic heterocycles. The minimum Gasteiger partial charge on any atom is -0.350 e. The topological polar surface area (TPSA) is 18.5 Å². The van der Waals surface area contributed by atoms with E-state index in [1.165, 1.54) is 0 Å². The summed E-state index contributed by atoms with van der Waals surface area (Å²) in [7, 11) is 0. The highest BCUT2D eigenvalue weighted by Crippen LogP contribution is 2.26. The zero-order chi connectivity index (χ0) is 7.78. The molecule has 1 aliphatic heterocycles. The van der Waals surface area contributed by atoms with Crippen LogP contribution in [-0.4, -0.2) is 18.0 Å². The van der Waals surface area contributed by atoms with Crippen molar-refractivity contribution in [2.45, 2.75) is 52.1 Å². The molecule has 0 aromatic carbocycles. The van der Waals surface area contributed by atoms with E-state index < -0.39 is 0 Å². The van der Waals surface area contributed by atoms with Gasteiger partial charge < -0.3 is 9.47 Å². The summed E-state index contributed by atoms with van der Waals surface area (Å²) in [6.07, 6.45) is 1.27. The maximum atomic E-state index is 5.52. The first-order valence-electron chi connectivity index (χ1n) is 3.83. The van der Waals surface area contributed by atoms with Gasteiger partial charge in [-0.1, -0.05) is 0 Å². The zero-order valence-electron chi connectivity index (χ0n) is 7.18. The van der Waals surface area contributed by atoms with Gasteiger partial charge in [-0.2, -0.15) is 0 Å². The molecule has 10 heavy (non-hydrogen) atoms. The lowest BCUT2D eigenvalue weighted by Crippen LogP contribution is -2.41. The Bertz CT molecular complexity index is 108. The van der Waals surface area contributed by atoms with Crippen LogP contribution in [0, 0.1) is 0 Å². The van der Waals surface area contributed by atoms with Crippen LogP contribution >= 0.6 is 0 Å². The van der Waals surface area contributed by atoms with Gasteiger partial charge in [-0.3, -0.25) is 0 Å². The van der Waals surface area contributed by atoms with Crippen molar-refractivity contribution >= 4 is 0 Å². The monoisotopic (exact) mass is 144 g/mol. The van der Waals surface area contributed by atoms with Gasteiger partial charge in [-0.15, -0.1) is 0 Å². The molecule has 1 rings (SSSR count). The lowest BCUT2D eigenvalue weighted by molar-refractivity contribution is -0.260. The highest BCUT2D eigenvalue weighted by Gasteiger charge is 2.30. The minimum absolute atomic E-state index is 0.00289. The van der Waals surface area contributed by atoms with Gasteiger partial charge in [0.05, 0.1) is 11.7 Å². The highest BCUT2D eigenvalue weighted by molar-refractivity contribution is 4.76. The van der Waals surface area contributed by atoms with Crippen molar-refractivity contribution in [2.75, 3.05) is 0 Å². The SMILES string of the molecule is C[C@@H]1O[C@H](C)CC(C)(C)O1. The summed E-state index contributed by atoms with van der Waals surface area (Å²) in [5.74, 6) is 0. The van der Waals surface area contributed by atoms with Crippen LogP contribution in [0.15, 0.2) is 0 Å². The Morgan fingerprint density at radius 2 is 1.90 bits per heavy atom. The lowest BCUT2D eigenvalue weighted by atomic mass is 10.0. The molecule has 0 bridgehead atoms. The standard InChI is InChI=1S/C8H16O2/c1-6-5-8(3,4)10-7(2)9-6/h6-7H,5H2,1-4H3/t6-,7-/m1/s1. The van der Waals surface area contributed by atoms with E-state index in [2.05, 4.69) is 20.8 Å². The van der Waals surface area contributed by atoms with Crippen LogP contribution < -0.4 is 0 Å². The normalized spacial score (nSPS) is 39.6. The summed E-state index contributed by atoms with van der Waals surface area (Å²) < 4.78 is 10.9. The quantitative estimate of drug-likeness (QED) is 0.517. The van der Waals surface area contributed by atoms with Crippen molar-refractivity contribution in [3.8, 4) is 0 Å². The third-order valence-electron chi connectivity index (χ3n) is 1.69. The minimum atomic E-state index is -0.0428. The predicted molar refractivity (Wildman–Crippen MR) is 39.8 cm³/mol. The van der Waals surface area contributed by atoms with Crippen molar-refractivity contribution in [1.29, 1.82) is 0 Å². The fourth-order valence-electron chi connectivity index (χ4n) is 1.59. The molecule has 2 nitrogen and oxygen atoms in total. The number of hydrogen-bond donors (Lipinski definition) is 0. The van der Waals surface area contributed by atoms with Crippen molar-refractivity contribution in [2.24, 2.45) is 0 Å². The van der Waals surface area contributed by atoms with Gasteiger partial charge in [0.15, 0.2) is 6.29 Å². The molecule has 0 saturated carbocycles. The third kappa shape index (κ3) is 1.96. The van der Waals surface area contributed by atoms with Gasteiger partial charge >= 0.3 is 0 Å². The maximum Gasteiger partial charge on any atom is 0.155 e. The molecule has 60 valence electrons. The fraction of sp³-hybridized carbons (Fsp3) is 1.00. The van der Waals surface area contributed by atoms with Crippen molar-refractivity contribution in [3.63, 3.8) is 0 Å². The summed E-state index contributed by atoms with van der Waals surface area (Å²) >= 11 is 0. The molecule has 1 saturated heterocycles. The molecule has 1 heterocycles. The van der Waals surface area contributed by atoms with Gasteiger partial charge in [0, 0.05) is 6.42 Å². The molecule has 0 unspecified atom stereocenters. The Hall–Kier alpha value is -0.0800. The van der Waals surface area contributed by atoms with E-state index in [0.717, 1.165) is 6.42 Å². The molecular weight excluding hydrogens is 128 g/mol. The van der Waals surface area contributed by atoms with E-state index in [9.17, 15) is 0 Å². The summed E-state index contributed by atoms with van der Waals surface area (Å²) in [4.78, 5) is 0. The van der Waals surface area contributed by atoms with Crippen LogP contribution in [0.2, 0.25) is 0 Å². The molecule has 2 atom stereocenters. The van der Waals surface area contributed by atoms with Crippen LogP contribution in [0.3, 0.4) is 0 Å². The second-order valence-corrected chi connectivity index (χ2v) is 3.60. The molecule has 0 aromatic rings. The molecular formula is C8H16O2. The van der Waals surface area contributed by atoms with E-state index in [1.807, 2.05) is 6.92 Å². The Morgan fingerprint density at radius 3 is 2.30 bits per heavy atom. The van der Waals surface area contributed by atoms with Crippen LogP contribution in [0.25, 0.3) is 0 Å². The third-order valence-corrected chi connectivity index (χ3v) is 1.69. The van der Waals surface area contributed by atoms with E-state index in [-0.39, 0.29) is 11.9 Å². The first kappa shape index (κ1) is 8.02. The van der Waals surface area contributed by atoms with Crippen molar-refractivity contribution < 1.29 is 9.47 Å². The van der Waals surface area contributed by atoms with E-state index in [0.29, 0.717) is 6.10 Å². The summed E-state index contributed by atoms with van der Waals surface area (Å²) in [5.41, 5.74) is -0.00289. The summed E-state index contributed by atoms with van der Waals surface area (Å²) in [6, 6.07) is 0. The maximum absolute atomic E-state index is 5.52.